The number of hydrogen-bond acceptors (Lipinski definition) is 3. The number of ether oxygens (including phenoxy) is 1. The van der Waals surface area contributed by atoms with Gasteiger partial charge < -0.3 is 4.74 Å². The highest BCUT2D eigenvalue weighted by Gasteiger charge is 2.41. The molecule has 1 heterocycles. The van der Waals surface area contributed by atoms with Gasteiger partial charge in [-0.2, -0.15) is 17.0 Å². The van der Waals surface area contributed by atoms with Gasteiger partial charge in [-0.05, 0) is 39.0 Å². The van der Waals surface area contributed by atoms with Gasteiger partial charge in [-0.3, -0.25) is 0 Å². The van der Waals surface area contributed by atoms with E-state index in [9.17, 15) is 8.42 Å². The molecule has 0 aromatic heterocycles. The summed E-state index contributed by atoms with van der Waals surface area (Å²) in [7, 11) is -1.65. The van der Waals surface area contributed by atoms with Crippen LogP contribution in [0.2, 0.25) is 0 Å². The van der Waals surface area contributed by atoms with Crippen LogP contribution in [-0.2, 0) is 14.9 Å². The van der Waals surface area contributed by atoms with Crippen molar-refractivity contribution in [3.05, 3.63) is 0 Å². The van der Waals surface area contributed by atoms with E-state index >= 15 is 0 Å². The van der Waals surface area contributed by atoms with Gasteiger partial charge in [-0.1, -0.05) is 0 Å². The summed E-state index contributed by atoms with van der Waals surface area (Å²) in [5.41, 5.74) is 0. The first-order valence-electron chi connectivity index (χ1n) is 6.75. The second kappa shape index (κ2) is 5.45. The van der Waals surface area contributed by atoms with Crippen molar-refractivity contribution >= 4 is 10.2 Å². The molecule has 1 aliphatic heterocycles. The average Bonchev–Trinajstić information content (AvgIpc) is 3.01. The molecule has 0 aromatic carbocycles. The molecule has 1 atom stereocenters. The van der Waals surface area contributed by atoms with Crippen molar-refractivity contribution in [3.63, 3.8) is 0 Å². The number of rotatable bonds is 6. The normalized spacial score (nSPS) is 25.6. The Bertz CT molecular complexity index is 373. The zero-order chi connectivity index (χ0) is 13.3. The van der Waals surface area contributed by atoms with Crippen molar-refractivity contribution in [2.75, 3.05) is 26.8 Å². The summed E-state index contributed by atoms with van der Waals surface area (Å²) in [5, 5.41) is 0. The fraction of sp³-hybridized carbons (Fsp3) is 1.00. The van der Waals surface area contributed by atoms with Gasteiger partial charge in [0.05, 0.1) is 6.61 Å². The van der Waals surface area contributed by atoms with Crippen molar-refractivity contribution in [1.82, 2.24) is 8.61 Å². The lowest BCUT2D eigenvalue weighted by Gasteiger charge is -2.31. The van der Waals surface area contributed by atoms with Crippen LogP contribution in [0.4, 0.5) is 0 Å². The van der Waals surface area contributed by atoms with E-state index < -0.39 is 10.2 Å². The highest BCUT2D eigenvalue weighted by molar-refractivity contribution is 7.86. The number of nitrogens with zero attached hydrogens (tertiary/aromatic N) is 2. The summed E-state index contributed by atoms with van der Waals surface area (Å²) in [5.74, 6) is 0.362. The van der Waals surface area contributed by atoms with Gasteiger partial charge in [0.1, 0.15) is 0 Å². The highest BCUT2D eigenvalue weighted by Crippen LogP contribution is 2.32. The van der Waals surface area contributed by atoms with Crippen LogP contribution in [0.1, 0.15) is 33.1 Å². The Morgan fingerprint density at radius 2 is 1.94 bits per heavy atom. The van der Waals surface area contributed by atoms with Gasteiger partial charge in [0.25, 0.3) is 10.2 Å². The third-order valence-corrected chi connectivity index (χ3v) is 5.99. The van der Waals surface area contributed by atoms with Crippen LogP contribution in [0.3, 0.4) is 0 Å². The lowest BCUT2D eigenvalue weighted by atomic mass is 10.1. The van der Waals surface area contributed by atoms with E-state index in [-0.39, 0.29) is 12.1 Å². The summed E-state index contributed by atoms with van der Waals surface area (Å²) in [6.07, 6.45) is 2.97. The molecule has 2 rings (SSSR count). The Hall–Kier alpha value is -0.170. The fourth-order valence-electron chi connectivity index (χ4n) is 2.21. The fourth-order valence-corrected chi connectivity index (χ4v) is 4.06. The lowest BCUT2D eigenvalue weighted by molar-refractivity contribution is 0.178. The van der Waals surface area contributed by atoms with Crippen LogP contribution in [-0.4, -0.2) is 55.9 Å². The van der Waals surface area contributed by atoms with E-state index in [0.717, 1.165) is 25.9 Å². The molecule has 5 nitrogen and oxygen atoms in total. The first-order valence-corrected chi connectivity index (χ1v) is 8.15. The monoisotopic (exact) mass is 276 g/mol. The molecule has 0 aromatic rings. The third kappa shape index (κ3) is 3.04. The minimum absolute atomic E-state index is 0.00363. The zero-order valence-electron chi connectivity index (χ0n) is 11.5. The Balaban J connectivity index is 2.08. The highest BCUT2D eigenvalue weighted by atomic mass is 32.2. The topological polar surface area (TPSA) is 49.9 Å². The molecule has 0 bridgehead atoms. The van der Waals surface area contributed by atoms with E-state index in [2.05, 4.69) is 0 Å². The Labute approximate surface area is 110 Å². The second-order valence-electron chi connectivity index (χ2n) is 5.65. The minimum atomic E-state index is -3.31. The van der Waals surface area contributed by atoms with E-state index in [4.69, 9.17) is 4.74 Å². The van der Waals surface area contributed by atoms with Crippen molar-refractivity contribution in [1.29, 1.82) is 0 Å². The predicted molar refractivity (Wildman–Crippen MR) is 70.5 cm³/mol. The smallest absolute Gasteiger partial charge is 0.282 e. The molecule has 1 aliphatic carbocycles. The minimum Gasteiger partial charge on any atom is -0.381 e. The lowest BCUT2D eigenvalue weighted by Crippen LogP contribution is -2.47. The van der Waals surface area contributed by atoms with E-state index in [0.29, 0.717) is 19.1 Å². The van der Waals surface area contributed by atoms with Crippen LogP contribution in [0, 0.1) is 5.92 Å². The van der Waals surface area contributed by atoms with Crippen LogP contribution in [0.25, 0.3) is 0 Å². The largest absolute Gasteiger partial charge is 0.381 e. The molecule has 6 heteroatoms. The molecule has 0 radical (unpaired) electrons. The van der Waals surface area contributed by atoms with Crippen molar-refractivity contribution < 1.29 is 13.2 Å². The van der Waals surface area contributed by atoms with Gasteiger partial charge in [-0.15, -0.1) is 0 Å². The van der Waals surface area contributed by atoms with Crippen LogP contribution in [0.5, 0.6) is 0 Å². The van der Waals surface area contributed by atoms with Gasteiger partial charge in [0.15, 0.2) is 0 Å². The molecule has 1 unspecified atom stereocenters. The molecule has 0 spiro atoms. The number of hydrogen-bond donors (Lipinski definition) is 0. The SMILES string of the molecule is CC(C)N(C)S(=O)(=O)N(CC1CCOC1)C1CC1. The zero-order valence-corrected chi connectivity index (χ0v) is 12.3. The van der Waals surface area contributed by atoms with E-state index in [1.807, 2.05) is 13.8 Å². The van der Waals surface area contributed by atoms with E-state index in [1.54, 1.807) is 11.4 Å². The standard InChI is InChI=1S/C12H24N2O3S/c1-10(2)13(3)18(15,16)14(12-4-5-12)8-11-6-7-17-9-11/h10-12H,4-9H2,1-3H3. The predicted octanol–water partition coefficient (Wildman–Crippen LogP) is 1.07. The summed E-state index contributed by atoms with van der Waals surface area (Å²) in [4.78, 5) is 0. The van der Waals surface area contributed by atoms with Gasteiger partial charge in [0, 0.05) is 32.3 Å². The quantitative estimate of drug-likeness (QED) is 0.729. The van der Waals surface area contributed by atoms with Gasteiger partial charge in [0.2, 0.25) is 0 Å². The summed E-state index contributed by atoms with van der Waals surface area (Å²) in [6.45, 7) is 5.89. The molecule has 0 amide bonds. The maximum atomic E-state index is 12.6. The van der Waals surface area contributed by atoms with Crippen LogP contribution < -0.4 is 0 Å². The maximum Gasteiger partial charge on any atom is 0.282 e. The molecule has 0 N–H and O–H groups in total. The van der Waals surface area contributed by atoms with Gasteiger partial charge >= 0.3 is 0 Å². The van der Waals surface area contributed by atoms with Crippen molar-refractivity contribution in [2.24, 2.45) is 5.92 Å². The Morgan fingerprint density at radius 1 is 1.28 bits per heavy atom. The first-order chi connectivity index (χ1) is 8.43. The molecule has 106 valence electrons. The first kappa shape index (κ1) is 14.2. The molecule has 1 saturated carbocycles. The van der Waals surface area contributed by atoms with E-state index in [1.165, 1.54) is 4.31 Å². The Morgan fingerprint density at radius 3 is 2.39 bits per heavy atom. The third-order valence-electron chi connectivity index (χ3n) is 3.80. The maximum absolute atomic E-state index is 12.6. The van der Waals surface area contributed by atoms with Crippen molar-refractivity contribution in [2.45, 2.75) is 45.2 Å². The average molecular weight is 276 g/mol. The summed E-state index contributed by atoms with van der Waals surface area (Å²) >= 11 is 0. The molecule has 18 heavy (non-hydrogen) atoms. The Kier molecular flexibility index (Phi) is 4.31. The second-order valence-corrected chi connectivity index (χ2v) is 7.59. The van der Waals surface area contributed by atoms with Crippen molar-refractivity contribution in [3.8, 4) is 0 Å². The summed E-state index contributed by atoms with van der Waals surface area (Å²) < 4.78 is 33.6. The summed E-state index contributed by atoms with van der Waals surface area (Å²) in [6, 6.07) is 0.216. The van der Waals surface area contributed by atoms with Gasteiger partial charge in [-0.25, -0.2) is 0 Å². The van der Waals surface area contributed by atoms with Crippen LogP contribution >= 0.6 is 0 Å². The molecule has 1 saturated heterocycles. The molecular weight excluding hydrogens is 252 g/mol. The van der Waals surface area contributed by atoms with Crippen LogP contribution in [0.15, 0.2) is 0 Å². The molecule has 2 aliphatic rings. The molecular formula is C12H24N2O3S. The molecule has 2 fully saturated rings.